The van der Waals surface area contributed by atoms with Crippen molar-refractivity contribution in [1.82, 2.24) is 0 Å². The molecule has 2 rings (SSSR count). The fourth-order valence-corrected chi connectivity index (χ4v) is 2.64. The van der Waals surface area contributed by atoms with Crippen LogP contribution in [0.15, 0.2) is 42.5 Å². The molecule has 0 saturated heterocycles. The van der Waals surface area contributed by atoms with Crippen molar-refractivity contribution in [3.05, 3.63) is 59.2 Å². The van der Waals surface area contributed by atoms with E-state index in [0.29, 0.717) is 22.8 Å². The fraction of sp³-hybridized carbons (Fsp3) is 0.286. The highest BCUT2D eigenvalue weighted by molar-refractivity contribution is 6.07. The summed E-state index contributed by atoms with van der Waals surface area (Å²) in [4.78, 5) is 12.4. The van der Waals surface area contributed by atoms with Crippen LogP contribution in [0.5, 0.6) is 17.2 Å². The highest BCUT2D eigenvalue weighted by atomic mass is 16.5. The number of methoxy groups -OCH3 is 3. The van der Waals surface area contributed by atoms with Gasteiger partial charge in [-0.3, -0.25) is 4.79 Å². The zero-order valence-corrected chi connectivity index (χ0v) is 15.2. The van der Waals surface area contributed by atoms with E-state index in [2.05, 4.69) is 6.92 Å². The summed E-state index contributed by atoms with van der Waals surface area (Å²) >= 11 is 0. The predicted molar refractivity (Wildman–Crippen MR) is 99.9 cm³/mol. The van der Waals surface area contributed by atoms with Gasteiger partial charge in [0.15, 0.2) is 17.3 Å². The topological polar surface area (TPSA) is 44.8 Å². The van der Waals surface area contributed by atoms with Crippen molar-refractivity contribution in [3.8, 4) is 17.2 Å². The minimum absolute atomic E-state index is 0.0557. The Morgan fingerprint density at radius 2 is 1.60 bits per heavy atom. The summed E-state index contributed by atoms with van der Waals surface area (Å²) in [7, 11) is 4.68. The van der Waals surface area contributed by atoms with Gasteiger partial charge < -0.3 is 14.2 Å². The van der Waals surface area contributed by atoms with Crippen molar-refractivity contribution >= 4 is 11.9 Å². The van der Waals surface area contributed by atoms with E-state index in [9.17, 15) is 4.79 Å². The number of aryl methyl sites for hydroxylation is 1. The molecule has 2 aromatic rings. The van der Waals surface area contributed by atoms with Gasteiger partial charge in [0.25, 0.3) is 0 Å². The van der Waals surface area contributed by atoms with Gasteiger partial charge in [0.1, 0.15) is 0 Å². The first kappa shape index (κ1) is 18.6. The second kappa shape index (κ2) is 8.92. The van der Waals surface area contributed by atoms with E-state index in [1.807, 2.05) is 30.3 Å². The lowest BCUT2D eigenvalue weighted by Crippen LogP contribution is -1.98. The van der Waals surface area contributed by atoms with Gasteiger partial charge in [0.2, 0.25) is 5.75 Å². The van der Waals surface area contributed by atoms with E-state index in [0.717, 1.165) is 18.4 Å². The SMILES string of the molecule is CCCc1ccc(C(=O)C=Cc2ccc(OC)c(OC)c2OC)cc1. The molecule has 0 amide bonds. The molecule has 0 atom stereocenters. The van der Waals surface area contributed by atoms with Crippen LogP contribution < -0.4 is 14.2 Å². The number of rotatable bonds is 8. The van der Waals surface area contributed by atoms with Crippen molar-refractivity contribution in [2.45, 2.75) is 19.8 Å². The van der Waals surface area contributed by atoms with Crippen molar-refractivity contribution in [3.63, 3.8) is 0 Å². The van der Waals surface area contributed by atoms with E-state index in [4.69, 9.17) is 14.2 Å². The summed E-state index contributed by atoms with van der Waals surface area (Å²) in [5, 5.41) is 0. The molecule has 0 N–H and O–H groups in total. The molecule has 0 aliphatic heterocycles. The minimum atomic E-state index is -0.0557. The normalized spacial score (nSPS) is 10.7. The molecule has 0 radical (unpaired) electrons. The molecule has 4 heteroatoms. The Labute approximate surface area is 149 Å². The fourth-order valence-electron chi connectivity index (χ4n) is 2.64. The Hall–Kier alpha value is -2.75. The number of benzene rings is 2. The van der Waals surface area contributed by atoms with Crippen molar-refractivity contribution < 1.29 is 19.0 Å². The molecule has 25 heavy (non-hydrogen) atoms. The predicted octanol–water partition coefficient (Wildman–Crippen LogP) is 4.56. The average molecular weight is 340 g/mol. The molecular formula is C21H24O4. The van der Waals surface area contributed by atoms with Crippen LogP contribution in [0, 0.1) is 0 Å². The first-order valence-corrected chi connectivity index (χ1v) is 8.24. The molecule has 2 aromatic carbocycles. The second-order valence-electron chi connectivity index (χ2n) is 5.57. The van der Waals surface area contributed by atoms with Gasteiger partial charge in [-0.2, -0.15) is 0 Å². The lowest BCUT2D eigenvalue weighted by Gasteiger charge is -2.13. The van der Waals surface area contributed by atoms with Crippen LogP contribution in [-0.2, 0) is 6.42 Å². The van der Waals surface area contributed by atoms with E-state index in [-0.39, 0.29) is 5.78 Å². The third kappa shape index (κ3) is 4.41. The molecule has 0 aliphatic rings. The number of ether oxygens (including phenoxy) is 3. The highest BCUT2D eigenvalue weighted by Crippen LogP contribution is 2.40. The number of hydrogen-bond donors (Lipinski definition) is 0. The van der Waals surface area contributed by atoms with Gasteiger partial charge in [-0.25, -0.2) is 0 Å². The lowest BCUT2D eigenvalue weighted by atomic mass is 10.0. The third-order valence-corrected chi connectivity index (χ3v) is 3.93. The van der Waals surface area contributed by atoms with E-state index >= 15 is 0 Å². The number of ketones is 1. The van der Waals surface area contributed by atoms with Crippen molar-refractivity contribution in [1.29, 1.82) is 0 Å². The van der Waals surface area contributed by atoms with Crippen LogP contribution in [-0.4, -0.2) is 27.1 Å². The van der Waals surface area contributed by atoms with Crippen LogP contribution in [0.25, 0.3) is 6.08 Å². The Kier molecular flexibility index (Phi) is 6.63. The van der Waals surface area contributed by atoms with Crippen LogP contribution in [0.2, 0.25) is 0 Å². The first-order valence-electron chi connectivity index (χ1n) is 8.24. The standard InChI is InChI=1S/C21H24O4/c1-5-6-15-7-9-16(10-8-15)18(22)13-11-17-12-14-19(23-2)21(25-4)20(17)24-3/h7-14H,5-6H2,1-4H3. The Morgan fingerprint density at radius 3 is 2.16 bits per heavy atom. The van der Waals surface area contributed by atoms with Gasteiger partial charge >= 0.3 is 0 Å². The molecule has 0 aliphatic carbocycles. The lowest BCUT2D eigenvalue weighted by molar-refractivity contribution is 0.104. The molecule has 0 fully saturated rings. The molecule has 0 aromatic heterocycles. The number of carbonyl (C=O) groups excluding carboxylic acids is 1. The Bertz CT molecular complexity index is 745. The van der Waals surface area contributed by atoms with Crippen LogP contribution in [0.3, 0.4) is 0 Å². The molecule has 0 spiro atoms. The molecule has 0 heterocycles. The van der Waals surface area contributed by atoms with Crippen LogP contribution >= 0.6 is 0 Å². The number of carbonyl (C=O) groups is 1. The maximum absolute atomic E-state index is 12.4. The van der Waals surface area contributed by atoms with Crippen LogP contribution in [0.1, 0.15) is 34.8 Å². The van der Waals surface area contributed by atoms with Crippen molar-refractivity contribution in [2.75, 3.05) is 21.3 Å². The van der Waals surface area contributed by atoms with E-state index in [1.54, 1.807) is 39.5 Å². The molecule has 132 valence electrons. The molecule has 4 nitrogen and oxygen atoms in total. The van der Waals surface area contributed by atoms with Gasteiger partial charge in [-0.1, -0.05) is 37.6 Å². The van der Waals surface area contributed by atoms with E-state index < -0.39 is 0 Å². The summed E-state index contributed by atoms with van der Waals surface area (Å²) in [6.45, 7) is 2.14. The second-order valence-corrected chi connectivity index (χ2v) is 5.57. The Balaban J connectivity index is 2.24. The molecule has 0 saturated carbocycles. The first-order chi connectivity index (χ1) is 12.1. The summed E-state index contributed by atoms with van der Waals surface area (Å²) in [6, 6.07) is 11.3. The number of hydrogen-bond acceptors (Lipinski definition) is 4. The third-order valence-electron chi connectivity index (χ3n) is 3.93. The zero-order valence-electron chi connectivity index (χ0n) is 15.2. The maximum atomic E-state index is 12.4. The van der Waals surface area contributed by atoms with Crippen LogP contribution in [0.4, 0.5) is 0 Å². The molecular weight excluding hydrogens is 316 g/mol. The quantitative estimate of drug-likeness (QED) is 0.522. The smallest absolute Gasteiger partial charge is 0.203 e. The maximum Gasteiger partial charge on any atom is 0.203 e. The summed E-state index contributed by atoms with van der Waals surface area (Å²) in [6.07, 6.45) is 5.38. The summed E-state index contributed by atoms with van der Waals surface area (Å²) in [5.41, 5.74) is 2.65. The van der Waals surface area contributed by atoms with Crippen molar-refractivity contribution in [2.24, 2.45) is 0 Å². The monoisotopic (exact) mass is 340 g/mol. The number of allylic oxidation sites excluding steroid dienone is 1. The molecule has 0 unspecified atom stereocenters. The largest absolute Gasteiger partial charge is 0.493 e. The van der Waals surface area contributed by atoms with Gasteiger partial charge in [0.05, 0.1) is 21.3 Å². The summed E-state index contributed by atoms with van der Waals surface area (Å²) in [5.74, 6) is 1.56. The average Bonchev–Trinajstić information content (AvgIpc) is 2.65. The Morgan fingerprint density at radius 1 is 0.920 bits per heavy atom. The highest BCUT2D eigenvalue weighted by Gasteiger charge is 2.14. The van der Waals surface area contributed by atoms with Gasteiger partial charge in [-0.15, -0.1) is 0 Å². The van der Waals surface area contributed by atoms with Gasteiger partial charge in [-0.05, 0) is 36.3 Å². The zero-order chi connectivity index (χ0) is 18.2. The summed E-state index contributed by atoms with van der Waals surface area (Å²) < 4.78 is 16.0. The van der Waals surface area contributed by atoms with E-state index in [1.165, 1.54) is 5.56 Å². The minimum Gasteiger partial charge on any atom is -0.493 e. The van der Waals surface area contributed by atoms with Gasteiger partial charge in [0, 0.05) is 11.1 Å². The molecule has 0 bridgehead atoms.